The third kappa shape index (κ3) is 1.71. The zero-order chi connectivity index (χ0) is 12.8. The van der Waals surface area contributed by atoms with Crippen molar-refractivity contribution < 1.29 is 0 Å². The minimum Gasteiger partial charge on any atom is -0.0685 e. The Bertz CT molecular complexity index is 707. The Morgan fingerprint density at radius 1 is 0.842 bits per heavy atom. The lowest BCUT2D eigenvalue weighted by molar-refractivity contribution is 0.881. The fraction of sp³-hybridized carbons (Fsp3) is 0.111. The zero-order valence-corrected chi connectivity index (χ0v) is 12.6. The van der Waals surface area contributed by atoms with Crippen LogP contribution in [0.15, 0.2) is 66.2 Å². The summed E-state index contributed by atoms with van der Waals surface area (Å²) in [7, 11) is 0. The second-order valence-electron chi connectivity index (χ2n) is 5.14. The van der Waals surface area contributed by atoms with Crippen LogP contribution < -0.4 is 0 Å². The van der Waals surface area contributed by atoms with Gasteiger partial charge in [0.1, 0.15) is 0 Å². The maximum Gasteiger partial charge on any atom is 0.0247 e. The molecule has 0 saturated heterocycles. The van der Waals surface area contributed by atoms with E-state index in [4.69, 9.17) is 0 Å². The predicted octanol–water partition coefficient (Wildman–Crippen LogP) is 5.42. The average molecular weight is 356 g/mol. The largest absolute Gasteiger partial charge is 0.0685 e. The van der Waals surface area contributed by atoms with Gasteiger partial charge in [-0.2, -0.15) is 0 Å². The van der Waals surface area contributed by atoms with Gasteiger partial charge in [0.15, 0.2) is 0 Å². The predicted molar refractivity (Wildman–Crippen MR) is 89.2 cm³/mol. The molecule has 4 rings (SSSR count). The SMILES string of the molecule is IC1=C2CC(c3ccccc3)C=C2c2ccccc21. The molecule has 1 atom stereocenters. The summed E-state index contributed by atoms with van der Waals surface area (Å²) in [4.78, 5) is 0. The summed E-state index contributed by atoms with van der Waals surface area (Å²) in [6, 6.07) is 19.6. The van der Waals surface area contributed by atoms with Crippen molar-refractivity contribution in [3.63, 3.8) is 0 Å². The number of hydrogen-bond acceptors (Lipinski definition) is 0. The van der Waals surface area contributed by atoms with Gasteiger partial charge in [0.2, 0.25) is 0 Å². The third-order valence-electron chi connectivity index (χ3n) is 4.06. The number of hydrogen-bond donors (Lipinski definition) is 0. The van der Waals surface area contributed by atoms with E-state index in [1.54, 1.807) is 0 Å². The average Bonchev–Trinajstić information content (AvgIpc) is 3.01. The maximum atomic E-state index is 2.51. The van der Waals surface area contributed by atoms with Gasteiger partial charge in [-0.15, -0.1) is 0 Å². The van der Waals surface area contributed by atoms with Crippen molar-refractivity contribution in [2.24, 2.45) is 0 Å². The Morgan fingerprint density at radius 3 is 2.32 bits per heavy atom. The Hall–Kier alpha value is -1.35. The fourth-order valence-corrected chi connectivity index (χ4v) is 4.12. The molecule has 19 heavy (non-hydrogen) atoms. The first-order valence-electron chi connectivity index (χ1n) is 6.60. The lowest BCUT2D eigenvalue weighted by Gasteiger charge is -2.08. The van der Waals surface area contributed by atoms with Crippen LogP contribution in [-0.4, -0.2) is 0 Å². The van der Waals surface area contributed by atoms with E-state index < -0.39 is 0 Å². The van der Waals surface area contributed by atoms with E-state index in [1.165, 1.54) is 31.4 Å². The molecule has 2 aliphatic carbocycles. The summed E-state index contributed by atoms with van der Waals surface area (Å²) in [5.41, 5.74) is 7.26. The van der Waals surface area contributed by atoms with Crippen LogP contribution in [0.1, 0.15) is 29.0 Å². The van der Waals surface area contributed by atoms with Crippen molar-refractivity contribution >= 4 is 31.7 Å². The molecule has 0 radical (unpaired) electrons. The van der Waals surface area contributed by atoms with E-state index in [2.05, 4.69) is 83.3 Å². The highest BCUT2D eigenvalue weighted by Crippen LogP contribution is 2.52. The van der Waals surface area contributed by atoms with Gasteiger partial charge in [-0.25, -0.2) is 0 Å². The van der Waals surface area contributed by atoms with Crippen molar-refractivity contribution in [2.75, 3.05) is 0 Å². The number of allylic oxidation sites excluding steroid dienone is 3. The smallest absolute Gasteiger partial charge is 0.0247 e. The summed E-state index contributed by atoms with van der Waals surface area (Å²) in [6.45, 7) is 0. The standard InChI is InChI=1S/C18H13I/c19-18-15-9-5-4-8-14(15)16-10-13(11-17(16)18)12-6-2-1-3-7-12/h1-10,13H,11H2. The second kappa shape index (κ2) is 4.34. The molecule has 2 aliphatic rings. The van der Waals surface area contributed by atoms with E-state index in [1.807, 2.05) is 0 Å². The van der Waals surface area contributed by atoms with Gasteiger partial charge in [0.25, 0.3) is 0 Å². The van der Waals surface area contributed by atoms with E-state index in [-0.39, 0.29) is 0 Å². The fourth-order valence-electron chi connectivity index (χ4n) is 3.14. The molecular weight excluding hydrogens is 343 g/mol. The van der Waals surface area contributed by atoms with Crippen LogP contribution in [0.2, 0.25) is 0 Å². The summed E-state index contributed by atoms with van der Waals surface area (Å²) >= 11 is 2.51. The first-order valence-corrected chi connectivity index (χ1v) is 7.68. The first kappa shape index (κ1) is 11.5. The van der Waals surface area contributed by atoms with Crippen LogP contribution in [-0.2, 0) is 0 Å². The number of halogens is 1. The highest BCUT2D eigenvalue weighted by Gasteiger charge is 2.31. The summed E-state index contributed by atoms with van der Waals surface area (Å²) in [5.74, 6) is 0.546. The summed E-state index contributed by atoms with van der Waals surface area (Å²) in [5, 5.41) is 0. The molecule has 1 unspecified atom stereocenters. The molecule has 0 heterocycles. The van der Waals surface area contributed by atoms with Gasteiger partial charge in [0, 0.05) is 9.50 Å². The zero-order valence-electron chi connectivity index (χ0n) is 10.4. The van der Waals surface area contributed by atoms with Crippen LogP contribution in [0, 0.1) is 0 Å². The Kier molecular flexibility index (Phi) is 2.62. The molecule has 0 bridgehead atoms. The lowest BCUT2D eigenvalue weighted by atomic mass is 9.97. The topological polar surface area (TPSA) is 0 Å². The highest BCUT2D eigenvalue weighted by atomic mass is 127. The van der Waals surface area contributed by atoms with Crippen LogP contribution in [0.4, 0.5) is 0 Å². The molecule has 2 aromatic carbocycles. The quantitative estimate of drug-likeness (QED) is 0.599. The molecule has 0 fully saturated rings. The van der Waals surface area contributed by atoms with Gasteiger partial charge in [-0.1, -0.05) is 60.7 Å². The van der Waals surface area contributed by atoms with E-state index in [0.29, 0.717) is 5.92 Å². The molecule has 0 spiro atoms. The van der Waals surface area contributed by atoms with E-state index >= 15 is 0 Å². The molecular formula is C18H13I. The molecule has 0 N–H and O–H groups in total. The van der Waals surface area contributed by atoms with Gasteiger partial charge in [-0.3, -0.25) is 0 Å². The van der Waals surface area contributed by atoms with Crippen molar-refractivity contribution in [2.45, 2.75) is 12.3 Å². The molecule has 2 aromatic rings. The molecule has 0 amide bonds. The second-order valence-corrected chi connectivity index (χ2v) is 6.22. The number of benzene rings is 2. The number of rotatable bonds is 1. The third-order valence-corrected chi connectivity index (χ3v) is 5.30. The minimum atomic E-state index is 0.546. The van der Waals surface area contributed by atoms with Gasteiger partial charge >= 0.3 is 0 Å². The van der Waals surface area contributed by atoms with Crippen LogP contribution in [0.3, 0.4) is 0 Å². The highest BCUT2D eigenvalue weighted by molar-refractivity contribution is 14.1. The summed E-state index contributed by atoms with van der Waals surface area (Å²) < 4.78 is 1.44. The van der Waals surface area contributed by atoms with Crippen molar-refractivity contribution in [3.8, 4) is 0 Å². The van der Waals surface area contributed by atoms with E-state index in [0.717, 1.165) is 6.42 Å². The summed E-state index contributed by atoms with van der Waals surface area (Å²) in [6.07, 6.45) is 3.60. The molecule has 0 aromatic heterocycles. The van der Waals surface area contributed by atoms with Crippen LogP contribution in [0.5, 0.6) is 0 Å². The van der Waals surface area contributed by atoms with Gasteiger partial charge < -0.3 is 0 Å². The van der Waals surface area contributed by atoms with Gasteiger partial charge in [-0.05, 0) is 56.8 Å². The molecule has 0 aliphatic heterocycles. The van der Waals surface area contributed by atoms with Crippen LogP contribution >= 0.6 is 22.6 Å². The van der Waals surface area contributed by atoms with E-state index in [9.17, 15) is 0 Å². The Labute approximate surface area is 127 Å². The molecule has 0 nitrogen and oxygen atoms in total. The minimum absolute atomic E-state index is 0.546. The molecule has 0 saturated carbocycles. The maximum absolute atomic E-state index is 2.51. The molecule has 1 heteroatoms. The van der Waals surface area contributed by atoms with Gasteiger partial charge in [0.05, 0.1) is 0 Å². The van der Waals surface area contributed by atoms with Crippen molar-refractivity contribution in [1.82, 2.24) is 0 Å². The Balaban J connectivity index is 1.82. The van der Waals surface area contributed by atoms with Crippen LogP contribution in [0.25, 0.3) is 9.15 Å². The normalized spacial score (nSPS) is 20.3. The van der Waals surface area contributed by atoms with Crippen molar-refractivity contribution in [3.05, 3.63) is 82.9 Å². The first-order chi connectivity index (χ1) is 9.34. The molecule has 92 valence electrons. The number of fused-ring (bicyclic) bond motifs is 3. The van der Waals surface area contributed by atoms with Crippen molar-refractivity contribution in [1.29, 1.82) is 0 Å². The monoisotopic (exact) mass is 356 g/mol. The lowest BCUT2D eigenvalue weighted by Crippen LogP contribution is -1.91. The Morgan fingerprint density at radius 2 is 1.53 bits per heavy atom.